The van der Waals surface area contributed by atoms with Gasteiger partial charge in [0.05, 0.1) is 26.8 Å². The number of amides is 1. The minimum Gasteiger partial charge on any atom is -0.508 e. The zero-order chi connectivity index (χ0) is 25.1. The zero-order valence-electron chi connectivity index (χ0n) is 17.7. The molecular weight excluding hydrogens is 480 g/mol. The van der Waals surface area contributed by atoms with Crippen LogP contribution in [-0.2, 0) is 11.3 Å². The van der Waals surface area contributed by atoms with Gasteiger partial charge in [0.15, 0.2) is 0 Å². The number of rotatable bonds is 6. The number of aromatic hydroxyl groups is 1. The first-order valence-electron chi connectivity index (χ1n) is 10.00. The molecule has 0 radical (unpaired) electrons. The molecule has 1 amide bonds. The number of para-hydroxylation sites is 1. The molecule has 11 heteroatoms. The van der Waals surface area contributed by atoms with Gasteiger partial charge in [0.25, 0.3) is 11.6 Å². The number of ether oxygens (including phenoxy) is 1. The first kappa shape index (κ1) is 23.5. The summed E-state index contributed by atoms with van der Waals surface area (Å²) in [6.45, 7) is -0.276. The van der Waals surface area contributed by atoms with E-state index in [0.29, 0.717) is 10.9 Å². The molecule has 1 aromatic heterocycles. The fourth-order valence-electron chi connectivity index (χ4n) is 3.32. The number of halogens is 1. The number of carbonyl (C=O) groups excluding carboxylic acids is 2. The third kappa shape index (κ3) is 5.12. The molecule has 4 rings (SSSR count). The predicted octanol–water partition coefficient (Wildman–Crippen LogP) is 4.67. The molecule has 10 nitrogen and oxygen atoms in total. The van der Waals surface area contributed by atoms with Gasteiger partial charge in [-0.25, -0.2) is 9.59 Å². The summed E-state index contributed by atoms with van der Waals surface area (Å²) in [5.74, 6) is -1.56. The maximum atomic E-state index is 12.8. The normalized spacial score (nSPS) is 10.7. The lowest BCUT2D eigenvalue weighted by Gasteiger charge is -2.12. The van der Waals surface area contributed by atoms with Gasteiger partial charge in [-0.15, -0.1) is 0 Å². The molecule has 0 spiro atoms. The molecule has 0 aliphatic heterocycles. The van der Waals surface area contributed by atoms with Gasteiger partial charge in [0.2, 0.25) is 0 Å². The molecule has 0 fully saturated rings. The van der Waals surface area contributed by atoms with E-state index < -0.39 is 22.4 Å². The van der Waals surface area contributed by atoms with Crippen LogP contribution in [-0.4, -0.2) is 21.9 Å². The van der Waals surface area contributed by atoms with Crippen molar-refractivity contribution < 1.29 is 28.8 Å². The Labute approximate surface area is 201 Å². The van der Waals surface area contributed by atoms with Gasteiger partial charge in [-0.1, -0.05) is 23.7 Å². The summed E-state index contributed by atoms with van der Waals surface area (Å²) in [5, 5.41) is 23.4. The van der Waals surface area contributed by atoms with Crippen molar-refractivity contribution in [3.63, 3.8) is 0 Å². The Bertz CT molecular complexity index is 1550. The average Bonchev–Trinajstić information content (AvgIpc) is 2.82. The molecule has 2 N–H and O–H groups in total. The summed E-state index contributed by atoms with van der Waals surface area (Å²) in [6.07, 6.45) is 0. The molecule has 0 atom stereocenters. The first-order valence-corrected chi connectivity index (χ1v) is 10.4. The van der Waals surface area contributed by atoms with Crippen LogP contribution in [0.25, 0.3) is 11.0 Å². The second-order valence-corrected chi connectivity index (χ2v) is 7.68. The van der Waals surface area contributed by atoms with E-state index >= 15 is 0 Å². The van der Waals surface area contributed by atoms with Gasteiger partial charge in [0.1, 0.15) is 17.9 Å². The van der Waals surface area contributed by atoms with Crippen molar-refractivity contribution >= 4 is 45.8 Å². The number of fused-ring (bicyclic) bond motifs is 1. The summed E-state index contributed by atoms with van der Waals surface area (Å²) in [7, 11) is 0. The Kier molecular flexibility index (Phi) is 6.47. The van der Waals surface area contributed by atoms with Crippen LogP contribution >= 0.6 is 11.6 Å². The van der Waals surface area contributed by atoms with Crippen molar-refractivity contribution in [2.75, 3.05) is 5.32 Å². The smallest absolute Gasteiger partial charge is 0.340 e. The molecular formula is C24H15ClN2O8. The van der Waals surface area contributed by atoms with Crippen LogP contribution in [0, 0.1) is 10.1 Å². The Hall–Kier alpha value is -4.70. The van der Waals surface area contributed by atoms with Crippen molar-refractivity contribution in [1.29, 1.82) is 0 Å². The largest absolute Gasteiger partial charge is 0.508 e. The van der Waals surface area contributed by atoms with Gasteiger partial charge >= 0.3 is 11.6 Å². The van der Waals surface area contributed by atoms with E-state index in [4.69, 9.17) is 20.8 Å². The van der Waals surface area contributed by atoms with Crippen LogP contribution < -0.4 is 10.9 Å². The van der Waals surface area contributed by atoms with Crippen molar-refractivity contribution in [1.82, 2.24) is 0 Å². The second-order valence-electron chi connectivity index (χ2n) is 7.27. The Morgan fingerprint density at radius 3 is 2.57 bits per heavy atom. The van der Waals surface area contributed by atoms with E-state index in [2.05, 4.69) is 5.32 Å². The molecule has 0 aliphatic rings. The Balaban J connectivity index is 1.54. The molecule has 1 heterocycles. The maximum absolute atomic E-state index is 12.8. The minimum atomic E-state index is -0.782. The summed E-state index contributed by atoms with van der Waals surface area (Å²) >= 11 is 6.02. The quantitative estimate of drug-likeness (QED) is 0.170. The number of nitro benzene ring substituents is 1. The number of non-ortho nitro benzene ring substituents is 1. The van der Waals surface area contributed by atoms with Crippen LogP contribution in [0.2, 0.25) is 5.02 Å². The van der Waals surface area contributed by atoms with E-state index in [9.17, 15) is 29.6 Å². The number of phenols is 1. The first-order chi connectivity index (χ1) is 16.7. The van der Waals surface area contributed by atoms with Gasteiger partial charge in [-0.05, 0) is 30.3 Å². The molecule has 0 saturated heterocycles. The molecule has 0 aliphatic carbocycles. The summed E-state index contributed by atoms with van der Waals surface area (Å²) in [4.78, 5) is 47.6. The third-order valence-corrected chi connectivity index (χ3v) is 5.29. The lowest BCUT2D eigenvalue weighted by molar-refractivity contribution is -0.384. The molecule has 3 aromatic carbocycles. The fourth-order valence-corrected chi connectivity index (χ4v) is 3.58. The molecule has 0 unspecified atom stereocenters. The van der Waals surface area contributed by atoms with Crippen LogP contribution in [0.15, 0.2) is 75.9 Å². The monoisotopic (exact) mass is 494 g/mol. The van der Waals surface area contributed by atoms with Gasteiger partial charge < -0.3 is 19.6 Å². The number of anilines is 1. The van der Waals surface area contributed by atoms with E-state index in [-0.39, 0.29) is 45.5 Å². The zero-order valence-corrected chi connectivity index (χ0v) is 18.4. The molecule has 0 saturated carbocycles. The molecule has 0 bridgehead atoms. The molecule has 176 valence electrons. The van der Waals surface area contributed by atoms with Crippen LogP contribution in [0.1, 0.15) is 26.3 Å². The number of nitro groups is 1. The van der Waals surface area contributed by atoms with Crippen LogP contribution in [0.4, 0.5) is 11.4 Å². The summed E-state index contributed by atoms with van der Waals surface area (Å²) in [5.41, 5.74) is -0.316. The van der Waals surface area contributed by atoms with Crippen LogP contribution in [0.3, 0.4) is 0 Å². The van der Waals surface area contributed by atoms with E-state index in [1.54, 1.807) is 12.1 Å². The summed E-state index contributed by atoms with van der Waals surface area (Å²) < 4.78 is 10.4. The predicted molar refractivity (Wildman–Crippen MR) is 126 cm³/mol. The van der Waals surface area contributed by atoms with E-state index in [1.807, 2.05) is 0 Å². The van der Waals surface area contributed by atoms with Crippen molar-refractivity contribution in [3.05, 3.63) is 109 Å². The second kappa shape index (κ2) is 9.65. The van der Waals surface area contributed by atoms with Gasteiger partial charge in [-0.2, -0.15) is 0 Å². The molecule has 4 aromatic rings. The highest BCUT2D eigenvalue weighted by Gasteiger charge is 2.19. The molecule has 35 heavy (non-hydrogen) atoms. The van der Waals surface area contributed by atoms with E-state index in [0.717, 1.165) is 12.1 Å². The van der Waals surface area contributed by atoms with Crippen molar-refractivity contribution in [2.24, 2.45) is 0 Å². The highest BCUT2D eigenvalue weighted by atomic mass is 35.5. The summed E-state index contributed by atoms with van der Waals surface area (Å²) in [6, 6.07) is 14.9. The number of nitrogens with zero attached hydrogens (tertiary/aromatic N) is 1. The standard InChI is InChI=1S/C24H15ClN2O8/c25-19-10-14(27(32)33)5-7-17(19)23(30)26-20-4-2-1-3-18(20)24(31)34-12-13-9-22(29)35-21-11-15(28)6-8-16(13)21/h1-11,28H,12H2,(H,26,30). The lowest BCUT2D eigenvalue weighted by Crippen LogP contribution is -2.16. The Morgan fingerprint density at radius 1 is 1.06 bits per heavy atom. The number of hydrogen-bond acceptors (Lipinski definition) is 8. The fraction of sp³-hybridized carbons (Fsp3) is 0.0417. The number of hydrogen-bond donors (Lipinski definition) is 2. The van der Waals surface area contributed by atoms with Gasteiger partial charge in [0, 0.05) is 35.2 Å². The number of phenolic OH excluding ortho intramolecular Hbond substituents is 1. The number of carbonyl (C=O) groups is 2. The third-order valence-electron chi connectivity index (χ3n) is 4.98. The SMILES string of the molecule is O=C(Nc1ccccc1C(=O)OCc1cc(=O)oc2cc(O)ccc12)c1ccc([N+](=O)[O-])cc1Cl. The number of benzene rings is 3. The van der Waals surface area contributed by atoms with Crippen LogP contribution in [0.5, 0.6) is 5.75 Å². The number of nitrogens with one attached hydrogen (secondary N) is 1. The lowest BCUT2D eigenvalue weighted by atomic mass is 10.1. The average molecular weight is 495 g/mol. The van der Waals surface area contributed by atoms with Crippen molar-refractivity contribution in [2.45, 2.75) is 6.61 Å². The van der Waals surface area contributed by atoms with E-state index in [1.165, 1.54) is 42.5 Å². The Morgan fingerprint density at radius 2 is 1.83 bits per heavy atom. The maximum Gasteiger partial charge on any atom is 0.340 e. The van der Waals surface area contributed by atoms with Crippen molar-refractivity contribution in [3.8, 4) is 5.75 Å². The number of esters is 1. The highest BCUT2D eigenvalue weighted by molar-refractivity contribution is 6.34. The minimum absolute atomic E-state index is 0.0221. The topological polar surface area (TPSA) is 149 Å². The van der Waals surface area contributed by atoms with Gasteiger partial charge in [-0.3, -0.25) is 14.9 Å². The highest BCUT2D eigenvalue weighted by Crippen LogP contribution is 2.26.